The van der Waals surface area contributed by atoms with Gasteiger partial charge in [0.2, 0.25) is 17.6 Å². The number of rotatable bonds is 7. The summed E-state index contributed by atoms with van der Waals surface area (Å²) in [6, 6.07) is 9.26. The van der Waals surface area contributed by atoms with Crippen molar-refractivity contribution in [3.8, 4) is 11.4 Å². The Bertz CT molecular complexity index is 1670. The van der Waals surface area contributed by atoms with Crippen LogP contribution in [0.15, 0.2) is 52.1 Å². The maximum Gasteiger partial charge on any atom is 0.447 e. The molecule has 5 heterocycles. The molecule has 6 rings (SSSR count). The number of fused-ring (bicyclic) bond motifs is 2. The summed E-state index contributed by atoms with van der Waals surface area (Å²) >= 11 is -0.321. The van der Waals surface area contributed by atoms with Gasteiger partial charge in [0.05, 0.1) is 52.1 Å². The van der Waals surface area contributed by atoms with E-state index in [0.29, 0.717) is 35.4 Å². The minimum Gasteiger partial charge on any atom is -0.378 e. The average Bonchev–Trinajstić information content (AvgIpc) is 3.64. The molecular weight excluding hydrogens is 578 g/mol. The molecule has 0 aliphatic carbocycles. The monoisotopic (exact) mass is 603 g/mol. The molecule has 3 aromatic heterocycles. The van der Waals surface area contributed by atoms with Crippen LogP contribution < -0.4 is 16.0 Å². The van der Waals surface area contributed by atoms with Gasteiger partial charge < -0.3 is 29.8 Å². The molecule has 42 heavy (non-hydrogen) atoms. The molecule has 10 nitrogen and oxygen atoms in total. The molecule has 1 aromatic carbocycles. The summed E-state index contributed by atoms with van der Waals surface area (Å²) in [5, 5.41) is 12.2. The Morgan fingerprint density at radius 1 is 1.26 bits per heavy atom. The first-order chi connectivity index (χ1) is 20.1. The zero-order valence-electron chi connectivity index (χ0n) is 22.2. The molecular formula is C27H25F4N7O3S. The second-order valence-corrected chi connectivity index (χ2v) is 11.2. The van der Waals surface area contributed by atoms with Gasteiger partial charge in [-0.2, -0.15) is 18.2 Å². The number of aromatic nitrogens is 3. The molecule has 15 heteroatoms. The Morgan fingerprint density at radius 3 is 2.88 bits per heavy atom. The number of anilines is 2. The lowest BCUT2D eigenvalue weighted by Crippen LogP contribution is -2.46. The van der Waals surface area contributed by atoms with Crippen LogP contribution in [0, 0.1) is 0 Å². The van der Waals surface area contributed by atoms with Crippen molar-refractivity contribution in [1.82, 2.24) is 24.8 Å². The third-order valence-corrected chi connectivity index (χ3v) is 8.02. The second kappa shape index (κ2) is 10.9. The highest BCUT2D eigenvalue weighted by Crippen LogP contribution is 2.44. The van der Waals surface area contributed by atoms with Crippen LogP contribution in [0.4, 0.5) is 28.9 Å². The molecule has 2 atom stereocenters. The van der Waals surface area contributed by atoms with Crippen LogP contribution in [0.3, 0.4) is 0 Å². The summed E-state index contributed by atoms with van der Waals surface area (Å²) in [5.41, 5.74) is -2.28. The number of hydrogen-bond donors (Lipinski definition) is 3. The summed E-state index contributed by atoms with van der Waals surface area (Å²) in [4.78, 5) is 30.7. The second-order valence-electron chi connectivity index (χ2n) is 10.2. The lowest BCUT2D eigenvalue weighted by atomic mass is 10.0. The Balaban J connectivity index is 1.26. The predicted molar refractivity (Wildman–Crippen MR) is 147 cm³/mol. The maximum atomic E-state index is 14.7. The molecule has 4 aromatic rings. The van der Waals surface area contributed by atoms with Gasteiger partial charge in [0.15, 0.2) is 0 Å². The van der Waals surface area contributed by atoms with Crippen molar-refractivity contribution in [1.29, 1.82) is 0 Å². The number of nitrogens with one attached hydrogen (secondary N) is 3. The fourth-order valence-corrected chi connectivity index (χ4v) is 5.95. The number of pyridine rings is 1. The highest BCUT2D eigenvalue weighted by atomic mass is 32.2. The molecule has 0 radical (unpaired) electrons. The van der Waals surface area contributed by atoms with Crippen LogP contribution in [0.1, 0.15) is 28.2 Å². The SMILES string of the molecule is CN1CC[C@@H](Nc2cccn3c(SC(F)(F)F)c(-c4noc(CNC(=O)c5cccc6c5NC(=O)C6)n4)cc23)[C@@H](F)C1. The largest absolute Gasteiger partial charge is 0.447 e. The molecule has 1 fully saturated rings. The van der Waals surface area contributed by atoms with Crippen LogP contribution in [0.2, 0.25) is 0 Å². The Morgan fingerprint density at radius 2 is 2.10 bits per heavy atom. The third kappa shape index (κ3) is 5.66. The molecule has 0 saturated carbocycles. The van der Waals surface area contributed by atoms with Crippen LogP contribution >= 0.6 is 11.8 Å². The Labute approximate surface area is 240 Å². The number of alkyl halides is 4. The van der Waals surface area contributed by atoms with Crippen molar-refractivity contribution in [2.75, 3.05) is 30.8 Å². The number of carbonyl (C=O) groups excluding carboxylic acids is 2. The molecule has 0 bridgehead atoms. The molecule has 2 aliphatic rings. The first-order valence-electron chi connectivity index (χ1n) is 13.1. The number of nitrogens with zero attached hydrogens (tertiary/aromatic N) is 4. The third-order valence-electron chi connectivity index (χ3n) is 7.18. The molecule has 2 aliphatic heterocycles. The Hall–Kier alpha value is -4.11. The highest BCUT2D eigenvalue weighted by Gasteiger charge is 2.34. The van der Waals surface area contributed by atoms with Gasteiger partial charge in [-0.1, -0.05) is 17.3 Å². The van der Waals surface area contributed by atoms with E-state index in [2.05, 4.69) is 26.1 Å². The standard InChI is InChI=1S/C27H25F4N7O3S/c1-37-9-7-18(17(28)13-37)33-19-6-3-8-38-20(19)11-16(26(38)42-27(29,30)31)24-35-22(41-36-24)12-32-25(40)15-5-2-4-14-10-21(39)34-23(14)15/h2-6,8,11,17-18,33H,7,9-10,12-13H2,1H3,(H,32,40)(H,34,39)/t17-,18+/m0/s1. The first kappa shape index (κ1) is 28.0. The molecule has 0 spiro atoms. The van der Waals surface area contributed by atoms with Crippen LogP contribution in [0.5, 0.6) is 0 Å². The van der Waals surface area contributed by atoms with Gasteiger partial charge in [0.1, 0.15) is 6.17 Å². The van der Waals surface area contributed by atoms with Gasteiger partial charge >= 0.3 is 5.51 Å². The van der Waals surface area contributed by atoms with E-state index in [1.807, 2.05) is 11.9 Å². The van der Waals surface area contributed by atoms with E-state index in [1.54, 1.807) is 30.3 Å². The van der Waals surface area contributed by atoms with Crippen LogP contribution in [0.25, 0.3) is 16.9 Å². The van der Waals surface area contributed by atoms with Gasteiger partial charge in [-0.3, -0.25) is 9.59 Å². The number of piperidine rings is 1. The summed E-state index contributed by atoms with van der Waals surface area (Å²) in [5.74, 6) is -0.838. The van der Waals surface area contributed by atoms with E-state index >= 15 is 0 Å². The summed E-state index contributed by atoms with van der Waals surface area (Å²) in [6.07, 6.45) is 1.05. The zero-order valence-corrected chi connectivity index (χ0v) is 23.0. The van der Waals surface area contributed by atoms with E-state index in [9.17, 15) is 27.2 Å². The number of amides is 2. The molecule has 0 unspecified atom stereocenters. The lowest BCUT2D eigenvalue weighted by molar-refractivity contribution is -0.115. The summed E-state index contributed by atoms with van der Waals surface area (Å²) in [7, 11) is 1.83. The van der Waals surface area contributed by atoms with Gasteiger partial charge in [-0.15, -0.1) is 0 Å². The lowest BCUT2D eigenvalue weighted by Gasteiger charge is -2.33. The van der Waals surface area contributed by atoms with Crippen molar-refractivity contribution in [2.45, 2.75) is 42.1 Å². The van der Waals surface area contributed by atoms with Gasteiger partial charge in [-0.25, -0.2) is 4.39 Å². The van der Waals surface area contributed by atoms with Crippen molar-refractivity contribution < 1.29 is 31.7 Å². The number of thioether (sulfide) groups is 1. The fourth-order valence-electron chi connectivity index (χ4n) is 5.22. The number of hydrogen-bond acceptors (Lipinski definition) is 8. The van der Waals surface area contributed by atoms with Gasteiger partial charge in [0.25, 0.3) is 5.91 Å². The van der Waals surface area contributed by atoms with E-state index in [1.165, 1.54) is 16.7 Å². The van der Waals surface area contributed by atoms with E-state index < -0.39 is 23.6 Å². The number of carbonyl (C=O) groups is 2. The number of benzene rings is 1. The molecule has 3 N–H and O–H groups in total. The van der Waals surface area contributed by atoms with E-state index in [-0.39, 0.29) is 65.0 Å². The van der Waals surface area contributed by atoms with Gasteiger partial charge in [-0.05, 0) is 43.3 Å². The smallest absolute Gasteiger partial charge is 0.378 e. The van der Waals surface area contributed by atoms with Crippen molar-refractivity contribution >= 4 is 40.5 Å². The first-order valence-corrected chi connectivity index (χ1v) is 13.9. The fraction of sp³-hybridized carbons (Fsp3) is 0.333. The summed E-state index contributed by atoms with van der Waals surface area (Å²) in [6.45, 7) is 0.747. The molecule has 2 amide bonds. The van der Waals surface area contributed by atoms with E-state index in [4.69, 9.17) is 4.52 Å². The van der Waals surface area contributed by atoms with Gasteiger partial charge in [0, 0.05) is 31.0 Å². The van der Waals surface area contributed by atoms with E-state index in [0.717, 1.165) is 0 Å². The number of halogens is 4. The molecule has 1 saturated heterocycles. The van der Waals surface area contributed by atoms with Crippen molar-refractivity contribution in [2.24, 2.45) is 0 Å². The highest BCUT2D eigenvalue weighted by molar-refractivity contribution is 8.00. The van der Waals surface area contributed by atoms with Crippen molar-refractivity contribution in [3.63, 3.8) is 0 Å². The van der Waals surface area contributed by atoms with Crippen molar-refractivity contribution in [3.05, 3.63) is 59.6 Å². The number of likely N-dealkylation sites (tertiary alicyclic amines) is 1. The minimum atomic E-state index is -4.61. The number of para-hydroxylation sites is 1. The summed E-state index contributed by atoms with van der Waals surface area (Å²) < 4.78 is 62.3. The topological polar surface area (TPSA) is 117 Å². The average molecular weight is 604 g/mol. The quantitative estimate of drug-likeness (QED) is 0.209. The normalized spacial score (nSPS) is 19.1. The van der Waals surface area contributed by atoms with Crippen LogP contribution in [-0.4, -0.2) is 69.1 Å². The van der Waals surface area contributed by atoms with Crippen LogP contribution in [-0.2, 0) is 17.8 Å². The minimum absolute atomic E-state index is 0.0295. The molecule has 220 valence electrons. The predicted octanol–water partition coefficient (Wildman–Crippen LogP) is 4.48. The Kier molecular flexibility index (Phi) is 7.30. The maximum absolute atomic E-state index is 14.7. The zero-order chi connectivity index (χ0) is 29.6.